The number of hydrogen-bond donors (Lipinski definition) is 1. The average Bonchev–Trinajstić information content (AvgIpc) is 2.98. The van der Waals surface area contributed by atoms with Crippen LogP contribution in [0.5, 0.6) is 0 Å². The molecule has 0 spiro atoms. The molecule has 0 aromatic heterocycles. The van der Waals surface area contributed by atoms with E-state index in [1.165, 1.54) is 18.9 Å². The van der Waals surface area contributed by atoms with Crippen molar-refractivity contribution >= 4 is 23.5 Å². The lowest BCUT2D eigenvalue weighted by Crippen LogP contribution is -2.41. The molecule has 23 heavy (non-hydrogen) atoms. The fraction of sp³-hybridized carbons (Fsp3) is 0.438. The Morgan fingerprint density at radius 1 is 1.17 bits per heavy atom. The van der Waals surface area contributed by atoms with E-state index in [2.05, 4.69) is 5.32 Å². The normalized spacial score (nSPS) is 20.2. The van der Waals surface area contributed by atoms with Gasteiger partial charge in [0.25, 0.3) is 5.91 Å². The Hall–Kier alpha value is -2.41. The van der Waals surface area contributed by atoms with Crippen LogP contribution in [0.2, 0.25) is 0 Å². The van der Waals surface area contributed by atoms with E-state index in [1.807, 2.05) is 0 Å². The summed E-state index contributed by atoms with van der Waals surface area (Å²) in [6.45, 7) is 1.75. The van der Waals surface area contributed by atoms with Crippen molar-refractivity contribution in [2.45, 2.75) is 25.5 Å². The molecular formula is C16H20N2O5. The second-order valence-electron chi connectivity index (χ2n) is 5.35. The van der Waals surface area contributed by atoms with E-state index < -0.39 is 12.0 Å². The zero-order chi connectivity index (χ0) is 17.0. The van der Waals surface area contributed by atoms with Crippen LogP contribution >= 0.6 is 0 Å². The van der Waals surface area contributed by atoms with Gasteiger partial charge in [0.2, 0.25) is 5.91 Å². The van der Waals surface area contributed by atoms with Gasteiger partial charge in [0.15, 0.2) is 0 Å². The Bertz CT molecular complexity index is 599. The molecule has 1 heterocycles. The molecule has 1 N–H and O–H groups in total. The molecule has 1 fully saturated rings. The second kappa shape index (κ2) is 7.23. The van der Waals surface area contributed by atoms with Crippen molar-refractivity contribution in [2.24, 2.45) is 0 Å². The summed E-state index contributed by atoms with van der Waals surface area (Å²) in [7, 11) is 2.85. The third-order valence-electron chi connectivity index (χ3n) is 3.78. The van der Waals surface area contributed by atoms with Gasteiger partial charge in [-0.05, 0) is 24.3 Å². The van der Waals surface area contributed by atoms with Gasteiger partial charge >= 0.3 is 5.97 Å². The van der Waals surface area contributed by atoms with E-state index >= 15 is 0 Å². The summed E-state index contributed by atoms with van der Waals surface area (Å²) in [5.74, 6) is -0.903. The lowest BCUT2D eigenvalue weighted by atomic mass is 10.1. The van der Waals surface area contributed by atoms with Gasteiger partial charge in [0, 0.05) is 38.2 Å². The Morgan fingerprint density at radius 3 is 2.35 bits per heavy atom. The lowest BCUT2D eigenvalue weighted by molar-refractivity contribution is -0.145. The largest absolute Gasteiger partial charge is 0.467 e. The zero-order valence-electron chi connectivity index (χ0n) is 13.4. The highest BCUT2D eigenvalue weighted by Crippen LogP contribution is 2.24. The Balaban J connectivity index is 2.17. The van der Waals surface area contributed by atoms with E-state index in [-0.39, 0.29) is 17.9 Å². The van der Waals surface area contributed by atoms with Crippen LogP contribution in [0, 0.1) is 0 Å². The smallest absolute Gasteiger partial charge is 0.328 e. The number of hydrogen-bond acceptors (Lipinski definition) is 5. The monoisotopic (exact) mass is 320 g/mol. The summed E-state index contributed by atoms with van der Waals surface area (Å²) in [6.07, 6.45) is 0.223. The first-order valence-corrected chi connectivity index (χ1v) is 7.25. The number of esters is 1. The van der Waals surface area contributed by atoms with Crippen LogP contribution < -0.4 is 5.32 Å². The fourth-order valence-corrected chi connectivity index (χ4v) is 2.62. The van der Waals surface area contributed by atoms with Crippen molar-refractivity contribution in [3.63, 3.8) is 0 Å². The summed E-state index contributed by atoms with van der Waals surface area (Å²) >= 11 is 0. The minimum absolute atomic E-state index is 0.183. The molecule has 0 bridgehead atoms. The molecule has 2 rings (SSSR count). The Morgan fingerprint density at radius 2 is 1.83 bits per heavy atom. The van der Waals surface area contributed by atoms with Crippen LogP contribution in [0.15, 0.2) is 24.3 Å². The summed E-state index contributed by atoms with van der Waals surface area (Å²) in [6, 6.07) is 5.87. The predicted molar refractivity (Wildman–Crippen MR) is 83.0 cm³/mol. The van der Waals surface area contributed by atoms with Gasteiger partial charge in [0.1, 0.15) is 6.04 Å². The number of rotatable bonds is 4. The zero-order valence-corrected chi connectivity index (χ0v) is 13.4. The van der Waals surface area contributed by atoms with Crippen LogP contribution in [0.1, 0.15) is 23.7 Å². The number of amides is 2. The molecular weight excluding hydrogens is 300 g/mol. The summed E-state index contributed by atoms with van der Waals surface area (Å²) in [4.78, 5) is 37.0. The van der Waals surface area contributed by atoms with Crippen molar-refractivity contribution < 1.29 is 23.9 Å². The number of methoxy groups -OCH3 is 2. The Kier molecular flexibility index (Phi) is 5.33. The molecule has 1 aliphatic heterocycles. The minimum Gasteiger partial charge on any atom is -0.467 e. The average molecular weight is 320 g/mol. The van der Waals surface area contributed by atoms with Gasteiger partial charge in [-0.3, -0.25) is 9.59 Å². The number of ether oxygens (including phenoxy) is 2. The number of anilines is 1. The first-order valence-electron chi connectivity index (χ1n) is 7.25. The minimum atomic E-state index is -0.646. The van der Waals surface area contributed by atoms with Crippen molar-refractivity contribution in [2.75, 3.05) is 26.1 Å². The molecule has 2 amide bonds. The number of nitrogens with zero attached hydrogens (tertiary/aromatic N) is 1. The maximum atomic E-state index is 12.6. The standard InChI is InChI=1S/C16H20N2O5/c1-10(19)17-12-6-4-11(5-7-12)15(20)18-9-13(22-2)8-14(18)16(21)23-3/h4-7,13-14H,8-9H2,1-3H3,(H,17,19). The number of nitrogens with one attached hydrogen (secondary N) is 1. The van der Waals surface area contributed by atoms with E-state index in [4.69, 9.17) is 9.47 Å². The molecule has 1 aliphatic rings. The number of benzene rings is 1. The van der Waals surface area contributed by atoms with Crippen molar-refractivity contribution in [1.82, 2.24) is 4.90 Å². The van der Waals surface area contributed by atoms with Crippen LogP contribution in [0.4, 0.5) is 5.69 Å². The highest BCUT2D eigenvalue weighted by Gasteiger charge is 2.40. The van der Waals surface area contributed by atoms with Crippen LogP contribution in [0.3, 0.4) is 0 Å². The topological polar surface area (TPSA) is 84.9 Å². The van der Waals surface area contributed by atoms with E-state index in [0.717, 1.165) is 0 Å². The van der Waals surface area contributed by atoms with Crippen LogP contribution in [0.25, 0.3) is 0 Å². The molecule has 2 atom stereocenters. The summed E-state index contributed by atoms with van der Waals surface area (Å²) < 4.78 is 10.0. The molecule has 1 aromatic rings. The van der Waals surface area contributed by atoms with Crippen LogP contribution in [-0.2, 0) is 19.1 Å². The van der Waals surface area contributed by atoms with E-state index in [9.17, 15) is 14.4 Å². The lowest BCUT2D eigenvalue weighted by Gasteiger charge is -2.22. The van der Waals surface area contributed by atoms with Crippen LogP contribution in [-0.4, -0.2) is 55.6 Å². The third-order valence-corrected chi connectivity index (χ3v) is 3.78. The molecule has 0 saturated carbocycles. The number of carbonyl (C=O) groups excluding carboxylic acids is 3. The Labute approximate surface area is 134 Å². The first kappa shape index (κ1) is 17.0. The molecule has 2 unspecified atom stereocenters. The maximum absolute atomic E-state index is 12.6. The second-order valence-corrected chi connectivity index (χ2v) is 5.35. The van der Waals surface area contributed by atoms with Gasteiger partial charge in [-0.15, -0.1) is 0 Å². The highest BCUT2D eigenvalue weighted by molar-refractivity contribution is 5.98. The quantitative estimate of drug-likeness (QED) is 0.838. The van der Waals surface area contributed by atoms with E-state index in [1.54, 1.807) is 31.4 Å². The molecule has 0 aliphatic carbocycles. The summed E-state index contributed by atoms with van der Waals surface area (Å²) in [5.41, 5.74) is 1.04. The SMILES string of the molecule is COC(=O)C1CC(OC)CN1C(=O)c1ccc(NC(C)=O)cc1. The first-order chi connectivity index (χ1) is 11.0. The van der Waals surface area contributed by atoms with Gasteiger partial charge in [-0.1, -0.05) is 0 Å². The van der Waals surface area contributed by atoms with E-state index in [0.29, 0.717) is 24.2 Å². The van der Waals surface area contributed by atoms with Crippen molar-refractivity contribution in [3.05, 3.63) is 29.8 Å². The molecule has 1 saturated heterocycles. The van der Waals surface area contributed by atoms with Crippen molar-refractivity contribution in [1.29, 1.82) is 0 Å². The molecule has 124 valence electrons. The van der Waals surface area contributed by atoms with Crippen molar-refractivity contribution in [3.8, 4) is 0 Å². The summed E-state index contributed by atoms with van der Waals surface area (Å²) in [5, 5.41) is 2.63. The third kappa shape index (κ3) is 3.87. The van der Waals surface area contributed by atoms with Gasteiger partial charge in [-0.25, -0.2) is 4.79 Å². The van der Waals surface area contributed by atoms with Gasteiger partial charge < -0.3 is 19.7 Å². The number of likely N-dealkylation sites (tertiary alicyclic amines) is 1. The molecule has 1 aromatic carbocycles. The molecule has 7 heteroatoms. The molecule has 0 radical (unpaired) electrons. The molecule has 7 nitrogen and oxygen atoms in total. The van der Waals surface area contributed by atoms with Gasteiger partial charge in [0.05, 0.1) is 13.2 Å². The van der Waals surface area contributed by atoms with Gasteiger partial charge in [-0.2, -0.15) is 0 Å². The highest BCUT2D eigenvalue weighted by atomic mass is 16.5. The number of carbonyl (C=O) groups is 3. The maximum Gasteiger partial charge on any atom is 0.328 e. The predicted octanol–water partition coefficient (Wildman–Crippen LogP) is 1.05. The fourth-order valence-electron chi connectivity index (χ4n) is 2.62.